The van der Waals surface area contributed by atoms with Gasteiger partial charge in [-0.2, -0.15) is 0 Å². The second kappa shape index (κ2) is 7.21. The Balaban J connectivity index is 1.98. The van der Waals surface area contributed by atoms with Gasteiger partial charge in [0.1, 0.15) is 0 Å². The number of nitrogens with zero attached hydrogens (tertiary/aromatic N) is 2. The molecule has 3 aromatic rings. The minimum Gasteiger partial charge on any atom is -0.493 e. The predicted octanol–water partition coefficient (Wildman–Crippen LogP) is 4.43. The molecule has 0 bridgehead atoms. The van der Waals surface area contributed by atoms with Crippen molar-refractivity contribution in [2.45, 2.75) is 6.54 Å². The minimum atomic E-state index is 0.0488. The first kappa shape index (κ1) is 17.4. The van der Waals surface area contributed by atoms with Crippen LogP contribution in [0.3, 0.4) is 0 Å². The van der Waals surface area contributed by atoms with Crippen molar-refractivity contribution in [2.75, 3.05) is 14.2 Å². The van der Waals surface area contributed by atoms with E-state index in [0.29, 0.717) is 33.5 Å². The number of hydrogen-bond acceptors (Lipinski definition) is 4. The van der Waals surface area contributed by atoms with E-state index in [9.17, 15) is 5.11 Å². The summed E-state index contributed by atoms with van der Waals surface area (Å²) in [5.41, 5.74) is 1.68. The van der Waals surface area contributed by atoms with E-state index in [1.807, 2.05) is 30.3 Å². The topological polar surface area (TPSA) is 48.5 Å². The van der Waals surface area contributed by atoms with Crippen LogP contribution < -0.4 is 9.47 Å². The lowest BCUT2D eigenvalue weighted by molar-refractivity contribution is 0.354. The molecule has 0 saturated heterocycles. The number of aromatic nitrogens is 2. The number of hydrogen-bond donors (Lipinski definition) is 1. The van der Waals surface area contributed by atoms with Crippen molar-refractivity contribution < 1.29 is 14.6 Å². The normalized spacial score (nSPS) is 10.7. The molecule has 0 amide bonds. The second-order valence-corrected chi connectivity index (χ2v) is 6.20. The number of imidazole rings is 1. The lowest BCUT2D eigenvalue weighted by Crippen LogP contribution is -2.02. The summed E-state index contributed by atoms with van der Waals surface area (Å²) in [5, 5.41) is 10.9. The summed E-state index contributed by atoms with van der Waals surface area (Å²) in [6, 6.07) is 12.8. The van der Waals surface area contributed by atoms with Crippen LogP contribution in [0.1, 0.15) is 5.56 Å². The summed E-state index contributed by atoms with van der Waals surface area (Å²) >= 11 is 11.6. The third-order valence-corrected chi connectivity index (χ3v) is 4.46. The highest BCUT2D eigenvalue weighted by atomic mass is 35.5. The standard InChI is InChI=1S/C18H17ClN2O3S/c1-23-15-7-6-12(8-16(15)24-2)10-20-11-17(22)21(18(20)25)14-5-3-4-13(19)9-14/h3-9,11,22H,10H2,1-2H3. The molecule has 130 valence electrons. The lowest BCUT2D eigenvalue weighted by Gasteiger charge is -2.10. The summed E-state index contributed by atoms with van der Waals surface area (Å²) in [4.78, 5) is 0. The van der Waals surface area contributed by atoms with Crippen LogP contribution >= 0.6 is 23.8 Å². The van der Waals surface area contributed by atoms with Crippen LogP contribution in [0.4, 0.5) is 0 Å². The Morgan fingerprint density at radius 2 is 1.84 bits per heavy atom. The summed E-state index contributed by atoms with van der Waals surface area (Å²) in [6.45, 7) is 0.486. The Kier molecular flexibility index (Phi) is 5.01. The number of aromatic hydroxyl groups is 1. The average Bonchev–Trinajstić information content (AvgIpc) is 2.88. The van der Waals surface area contributed by atoms with Gasteiger partial charge in [0, 0.05) is 5.02 Å². The van der Waals surface area contributed by atoms with E-state index in [-0.39, 0.29) is 5.88 Å². The fraction of sp³-hybridized carbons (Fsp3) is 0.167. The van der Waals surface area contributed by atoms with E-state index in [2.05, 4.69) is 0 Å². The SMILES string of the molecule is COc1ccc(Cn2cc(O)n(-c3cccc(Cl)c3)c2=S)cc1OC. The second-order valence-electron chi connectivity index (χ2n) is 5.40. The fourth-order valence-electron chi connectivity index (χ4n) is 2.63. The van der Waals surface area contributed by atoms with E-state index in [4.69, 9.17) is 33.3 Å². The molecule has 3 rings (SSSR count). The monoisotopic (exact) mass is 376 g/mol. The van der Waals surface area contributed by atoms with Crippen LogP contribution in [-0.4, -0.2) is 28.5 Å². The van der Waals surface area contributed by atoms with Gasteiger partial charge in [0.15, 0.2) is 16.3 Å². The minimum absolute atomic E-state index is 0.0488. The number of benzene rings is 2. The van der Waals surface area contributed by atoms with Crippen molar-refractivity contribution in [1.82, 2.24) is 9.13 Å². The van der Waals surface area contributed by atoms with Crippen molar-refractivity contribution in [1.29, 1.82) is 0 Å². The molecule has 0 aliphatic heterocycles. The molecule has 0 radical (unpaired) electrons. The molecule has 1 aromatic heterocycles. The molecule has 1 N–H and O–H groups in total. The zero-order valence-corrected chi connectivity index (χ0v) is 15.3. The number of ether oxygens (including phenoxy) is 2. The average molecular weight is 377 g/mol. The Morgan fingerprint density at radius 3 is 2.52 bits per heavy atom. The third kappa shape index (κ3) is 3.50. The highest BCUT2D eigenvalue weighted by molar-refractivity contribution is 7.71. The quantitative estimate of drug-likeness (QED) is 0.669. The Bertz CT molecular complexity index is 965. The van der Waals surface area contributed by atoms with E-state index in [1.54, 1.807) is 41.7 Å². The number of methoxy groups -OCH3 is 2. The van der Waals surface area contributed by atoms with Gasteiger partial charge in [-0.25, -0.2) is 0 Å². The molecule has 1 heterocycles. The Labute approximate surface area is 155 Å². The Morgan fingerprint density at radius 1 is 1.08 bits per heavy atom. The van der Waals surface area contributed by atoms with Gasteiger partial charge in [0.25, 0.3) is 0 Å². The van der Waals surface area contributed by atoms with Crippen molar-refractivity contribution in [2.24, 2.45) is 0 Å². The molecule has 0 aliphatic rings. The van der Waals surface area contributed by atoms with E-state index in [1.165, 1.54) is 0 Å². The zero-order valence-electron chi connectivity index (χ0n) is 13.8. The predicted molar refractivity (Wildman–Crippen MR) is 99.9 cm³/mol. The van der Waals surface area contributed by atoms with Gasteiger partial charge < -0.3 is 19.1 Å². The summed E-state index contributed by atoms with van der Waals surface area (Å²) in [6.07, 6.45) is 1.60. The largest absolute Gasteiger partial charge is 0.493 e. The van der Waals surface area contributed by atoms with Crippen LogP contribution in [0.5, 0.6) is 17.4 Å². The maximum absolute atomic E-state index is 10.3. The third-order valence-electron chi connectivity index (χ3n) is 3.80. The summed E-state index contributed by atoms with van der Waals surface area (Å²) in [5.74, 6) is 1.35. The van der Waals surface area contributed by atoms with Gasteiger partial charge in [0.2, 0.25) is 5.88 Å². The van der Waals surface area contributed by atoms with Gasteiger partial charge in [-0.05, 0) is 48.1 Å². The zero-order chi connectivity index (χ0) is 18.0. The van der Waals surface area contributed by atoms with Gasteiger partial charge >= 0.3 is 0 Å². The van der Waals surface area contributed by atoms with Crippen molar-refractivity contribution in [3.8, 4) is 23.1 Å². The van der Waals surface area contributed by atoms with Crippen LogP contribution in [0.25, 0.3) is 5.69 Å². The summed E-state index contributed by atoms with van der Waals surface area (Å²) < 4.78 is 14.4. The molecule has 2 aromatic carbocycles. The first-order valence-electron chi connectivity index (χ1n) is 7.51. The molecular formula is C18H17ClN2O3S. The molecular weight excluding hydrogens is 360 g/mol. The molecule has 0 spiro atoms. The van der Waals surface area contributed by atoms with E-state index >= 15 is 0 Å². The molecule has 5 nitrogen and oxygen atoms in total. The molecule has 0 saturated carbocycles. The van der Waals surface area contributed by atoms with E-state index in [0.717, 1.165) is 5.56 Å². The summed E-state index contributed by atoms with van der Waals surface area (Å²) in [7, 11) is 3.19. The smallest absolute Gasteiger partial charge is 0.214 e. The lowest BCUT2D eigenvalue weighted by atomic mass is 10.2. The first-order chi connectivity index (χ1) is 12.0. The molecule has 7 heteroatoms. The molecule has 0 aliphatic carbocycles. The van der Waals surface area contributed by atoms with Crippen LogP contribution in [-0.2, 0) is 6.54 Å². The maximum atomic E-state index is 10.3. The number of halogens is 1. The van der Waals surface area contributed by atoms with Gasteiger partial charge in [0.05, 0.1) is 32.6 Å². The maximum Gasteiger partial charge on any atom is 0.214 e. The molecule has 0 unspecified atom stereocenters. The highest BCUT2D eigenvalue weighted by Crippen LogP contribution is 2.29. The van der Waals surface area contributed by atoms with Gasteiger partial charge in [-0.3, -0.25) is 4.57 Å². The van der Waals surface area contributed by atoms with Crippen LogP contribution in [0, 0.1) is 4.77 Å². The van der Waals surface area contributed by atoms with E-state index < -0.39 is 0 Å². The van der Waals surface area contributed by atoms with Gasteiger partial charge in [-0.15, -0.1) is 0 Å². The molecule has 0 atom stereocenters. The van der Waals surface area contributed by atoms with Crippen molar-refractivity contribution in [3.63, 3.8) is 0 Å². The van der Waals surface area contributed by atoms with Crippen molar-refractivity contribution in [3.05, 3.63) is 64.0 Å². The van der Waals surface area contributed by atoms with Crippen molar-refractivity contribution >= 4 is 23.8 Å². The molecule has 25 heavy (non-hydrogen) atoms. The fourth-order valence-corrected chi connectivity index (χ4v) is 3.13. The van der Waals surface area contributed by atoms with Crippen LogP contribution in [0.15, 0.2) is 48.7 Å². The first-order valence-corrected chi connectivity index (χ1v) is 8.30. The molecule has 0 fully saturated rings. The Hall–Kier alpha value is -2.44. The highest BCUT2D eigenvalue weighted by Gasteiger charge is 2.11. The van der Waals surface area contributed by atoms with Gasteiger partial charge in [-0.1, -0.05) is 23.7 Å². The van der Waals surface area contributed by atoms with Crippen LogP contribution in [0.2, 0.25) is 5.02 Å². The number of rotatable bonds is 5.